The molecule has 0 unspecified atom stereocenters. The van der Waals surface area contributed by atoms with Crippen molar-refractivity contribution in [1.29, 1.82) is 0 Å². The first-order valence-electron chi connectivity index (χ1n) is 5.61. The number of hydrogen-bond donors (Lipinski definition) is 1. The molecule has 16 heavy (non-hydrogen) atoms. The van der Waals surface area contributed by atoms with Crippen molar-refractivity contribution in [2.45, 2.75) is 18.8 Å². The standard InChI is InChI=1S/C12H13ClN2O/c13-10-3-1-2-9-11(10)15-16-12(9)8-4-6-14-7-5-8/h1-3,8,14H,4-7H2. The van der Waals surface area contributed by atoms with E-state index in [-0.39, 0.29) is 0 Å². The summed E-state index contributed by atoms with van der Waals surface area (Å²) in [5.41, 5.74) is 0.790. The third-order valence-electron chi connectivity index (χ3n) is 3.20. The minimum Gasteiger partial charge on any atom is -0.360 e. The van der Waals surface area contributed by atoms with E-state index in [2.05, 4.69) is 10.5 Å². The number of nitrogens with one attached hydrogen (secondary N) is 1. The van der Waals surface area contributed by atoms with E-state index >= 15 is 0 Å². The van der Waals surface area contributed by atoms with Crippen LogP contribution >= 0.6 is 11.6 Å². The summed E-state index contributed by atoms with van der Waals surface area (Å²) >= 11 is 6.07. The van der Waals surface area contributed by atoms with E-state index in [1.807, 2.05) is 18.2 Å². The van der Waals surface area contributed by atoms with E-state index in [4.69, 9.17) is 16.1 Å². The summed E-state index contributed by atoms with van der Waals surface area (Å²) in [6, 6.07) is 5.83. The average Bonchev–Trinajstić information content (AvgIpc) is 2.75. The molecular formula is C12H13ClN2O. The molecule has 3 nitrogen and oxygen atoms in total. The van der Waals surface area contributed by atoms with Gasteiger partial charge in [-0.25, -0.2) is 0 Å². The number of benzene rings is 1. The van der Waals surface area contributed by atoms with E-state index in [0.29, 0.717) is 10.9 Å². The van der Waals surface area contributed by atoms with Gasteiger partial charge in [0.15, 0.2) is 0 Å². The summed E-state index contributed by atoms with van der Waals surface area (Å²) in [7, 11) is 0. The number of halogens is 1. The largest absolute Gasteiger partial charge is 0.360 e. The van der Waals surface area contributed by atoms with E-state index in [0.717, 1.165) is 42.6 Å². The maximum atomic E-state index is 6.07. The van der Waals surface area contributed by atoms with Gasteiger partial charge in [0, 0.05) is 11.3 Å². The highest BCUT2D eigenvalue weighted by Gasteiger charge is 2.22. The zero-order chi connectivity index (χ0) is 11.0. The molecule has 1 aliphatic rings. The molecule has 1 saturated heterocycles. The molecule has 0 amide bonds. The third-order valence-corrected chi connectivity index (χ3v) is 3.50. The number of fused-ring (bicyclic) bond motifs is 1. The van der Waals surface area contributed by atoms with Crippen LogP contribution in [-0.4, -0.2) is 18.2 Å². The van der Waals surface area contributed by atoms with Crippen LogP contribution < -0.4 is 5.32 Å². The zero-order valence-corrected chi connectivity index (χ0v) is 9.63. The molecule has 0 bridgehead atoms. The molecule has 1 aliphatic heterocycles. The lowest BCUT2D eigenvalue weighted by Gasteiger charge is -2.20. The molecule has 2 heterocycles. The minimum atomic E-state index is 0.477. The fourth-order valence-electron chi connectivity index (χ4n) is 2.33. The quantitative estimate of drug-likeness (QED) is 0.827. The highest BCUT2D eigenvalue weighted by Crippen LogP contribution is 2.33. The predicted molar refractivity (Wildman–Crippen MR) is 63.9 cm³/mol. The second-order valence-corrected chi connectivity index (χ2v) is 4.61. The molecule has 1 aromatic heterocycles. The van der Waals surface area contributed by atoms with E-state index in [9.17, 15) is 0 Å². The predicted octanol–water partition coefficient (Wildman–Crippen LogP) is 2.95. The van der Waals surface area contributed by atoms with Crippen LogP contribution in [-0.2, 0) is 0 Å². The van der Waals surface area contributed by atoms with Crippen molar-refractivity contribution in [2.75, 3.05) is 13.1 Å². The molecule has 84 valence electrons. The van der Waals surface area contributed by atoms with Crippen molar-refractivity contribution < 1.29 is 4.52 Å². The van der Waals surface area contributed by atoms with Gasteiger partial charge in [-0.05, 0) is 38.1 Å². The van der Waals surface area contributed by atoms with Crippen molar-refractivity contribution in [2.24, 2.45) is 0 Å². The number of aromatic nitrogens is 1. The Balaban J connectivity index is 2.06. The number of hydrogen-bond acceptors (Lipinski definition) is 3. The van der Waals surface area contributed by atoms with Crippen LogP contribution in [0, 0.1) is 0 Å². The molecule has 0 radical (unpaired) electrons. The highest BCUT2D eigenvalue weighted by molar-refractivity contribution is 6.35. The molecule has 0 saturated carbocycles. The Morgan fingerprint density at radius 1 is 1.31 bits per heavy atom. The molecule has 1 N–H and O–H groups in total. The van der Waals surface area contributed by atoms with Crippen molar-refractivity contribution in [3.63, 3.8) is 0 Å². The molecule has 2 aromatic rings. The van der Waals surface area contributed by atoms with E-state index < -0.39 is 0 Å². The molecule has 4 heteroatoms. The number of nitrogens with zero attached hydrogens (tertiary/aromatic N) is 1. The summed E-state index contributed by atoms with van der Waals surface area (Å²) in [4.78, 5) is 0. The third kappa shape index (κ3) is 1.60. The Kier molecular flexibility index (Phi) is 2.58. The topological polar surface area (TPSA) is 38.1 Å². The van der Waals surface area contributed by atoms with Crippen molar-refractivity contribution >= 4 is 22.5 Å². The van der Waals surface area contributed by atoms with Crippen LogP contribution in [0.1, 0.15) is 24.5 Å². The van der Waals surface area contributed by atoms with Crippen LogP contribution in [0.3, 0.4) is 0 Å². The Labute approximate surface area is 98.8 Å². The Morgan fingerprint density at radius 2 is 2.12 bits per heavy atom. The van der Waals surface area contributed by atoms with Crippen LogP contribution in [0.5, 0.6) is 0 Å². The monoisotopic (exact) mass is 236 g/mol. The molecule has 0 spiro atoms. The van der Waals surface area contributed by atoms with Crippen molar-refractivity contribution in [3.05, 3.63) is 29.0 Å². The minimum absolute atomic E-state index is 0.477. The lowest BCUT2D eigenvalue weighted by Crippen LogP contribution is -2.26. The number of rotatable bonds is 1. The fourth-order valence-corrected chi connectivity index (χ4v) is 2.54. The van der Waals surface area contributed by atoms with E-state index in [1.165, 1.54) is 0 Å². The maximum Gasteiger partial charge on any atom is 0.147 e. The first-order chi connectivity index (χ1) is 7.86. The zero-order valence-electron chi connectivity index (χ0n) is 8.87. The Hall–Kier alpha value is -1.06. The number of piperidine rings is 1. The van der Waals surface area contributed by atoms with Gasteiger partial charge in [-0.2, -0.15) is 0 Å². The summed E-state index contributed by atoms with van der Waals surface area (Å²) in [6.45, 7) is 2.10. The van der Waals surface area contributed by atoms with Crippen LogP contribution in [0.4, 0.5) is 0 Å². The first kappa shape index (κ1) is 10.1. The highest BCUT2D eigenvalue weighted by atomic mass is 35.5. The van der Waals surface area contributed by atoms with Crippen LogP contribution in [0.25, 0.3) is 10.9 Å². The van der Waals surface area contributed by atoms with Crippen molar-refractivity contribution in [1.82, 2.24) is 10.5 Å². The SMILES string of the molecule is Clc1cccc2c(C3CCNCC3)onc12. The van der Waals surface area contributed by atoms with E-state index in [1.54, 1.807) is 0 Å². The molecule has 3 rings (SSSR count). The van der Waals surface area contributed by atoms with Gasteiger partial charge in [-0.3, -0.25) is 0 Å². The second-order valence-electron chi connectivity index (χ2n) is 4.21. The fraction of sp³-hybridized carbons (Fsp3) is 0.417. The molecule has 1 aromatic carbocycles. The molecule has 0 aliphatic carbocycles. The van der Waals surface area contributed by atoms with Gasteiger partial charge in [0.25, 0.3) is 0 Å². The maximum absolute atomic E-state index is 6.07. The van der Waals surface area contributed by atoms with Gasteiger partial charge in [0.2, 0.25) is 0 Å². The summed E-state index contributed by atoms with van der Waals surface area (Å²) in [6.07, 6.45) is 2.22. The Bertz CT molecular complexity index is 503. The summed E-state index contributed by atoms with van der Waals surface area (Å²) in [5.74, 6) is 1.48. The normalized spacial score (nSPS) is 18.1. The second kappa shape index (κ2) is 4.07. The lowest BCUT2D eigenvalue weighted by molar-refractivity contribution is 0.333. The average molecular weight is 237 g/mol. The van der Waals surface area contributed by atoms with Gasteiger partial charge < -0.3 is 9.84 Å². The van der Waals surface area contributed by atoms with Crippen LogP contribution in [0.15, 0.2) is 22.7 Å². The van der Waals surface area contributed by atoms with Gasteiger partial charge >= 0.3 is 0 Å². The van der Waals surface area contributed by atoms with Crippen LogP contribution in [0.2, 0.25) is 5.02 Å². The Morgan fingerprint density at radius 3 is 2.94 bits per heavy atom. The van der Waals surface area contributed by atoms with Gasteiger partial charge in [-0.1, -0.05) is 22.8 Å². The van der Waals surface area contributed by atoms with Gasteiger partial charge in [-0.15, -0.1) is 0 Å². The summed E-state index contributed by atoms with van der Waals surface area (Å²) in [5, 5.41) is 9.15. The smallest absolute Gasteiger partial charge is 0.147 e. The molecule has 0 atom stereocenters. The van der Waals surface area contributed by atoms with Gasteiger partial charge in [0.05, 0.1) is 5.02 Å². The molecule has 1 fully saturated rings. The molecular weight excluding hydrogens is 224 g/mol. The lowest BCUT2D eigenvalue weighted by atomic mass is 9.93. The van der Waals surface area contributed by atoms with Crippen molar-refractivity contribution in [3.8, 4) is 0 Å². The van der Waals surface area contributed by atoms with Gasteiger partial charge in [0.1, 0.15) is 11.3 Å². The first-order valence-corrected chi connectivity index (χ1v) is 5.98. The summed E-state index contributed by atoms with van der Waals surface area (Å²) < 4.78 is 5.47.